The van der Waals surface area contributed by atoms with Crippen molar-refractivity contribution < 1.29 is 48.7 Å². The normalized spacial score (nSPS) is 36.0. The number of aliphatic hydroxyl groups excluding tert-OH is 1. The number of carbonyl (C=O) groups excluding carboxylic acids is 4. The maximum Gasteiger partial charge on any atom is 0.309 e. The zero-order valence-electron chi connectivity index (χ0n) is 38.7. The number of ketones is 2. The molecular weight excluding hydrogens is 785 g/mol. The topological polar surface area (TPSA) is 157 Å². The Kier molecular flexibility index (Phi) is 16.8. The quantitative estimate of drug-likeness (QED) is 0.0753. The van der Waals surface area contributed by atoms with Crippen LogP contribution in [0.3, 0.4) is 0 Å². The number of rotatable bonds is 21. The average Bonchev–Trinajstić information content (AvgIpc) is 3.50. The zero-order valence-corrected chi connectivity index (χ0v) is 38.7. The van der Waals surface area contributed by atoms with Gasteiger partial charge in [0.2, 0.25) is 0 Å². The predicted molar refractivity (Wildman–Crippen MR) is 240 cm³/mol. The standard InChI is InChI=1S/C52H76O10/c1-9-10-11-12-13-14-15-16-17-18-19-20-21-22-23-24-25-26-27-28-43(55)62-46-41(54)29-36(6)40-31-42-50-33-60-52(59,48(50)49(40,46)8)45(56)37(7)44(50)39(47(57)61-42)30-38(53)32-51(58,34(2)3)35(4)5/h10-11,13-14,16-17,19-20,22-23,25-26,34-37,39-40,42,44-46,48,56,58-59H,9,12,15,18,21,24,27-33H2,1-8H3/b11-10-,14-13-,17-16-,20-19-,23-22-,26-25-/t36?,37-,39?,40+,42-,44?,45-,46-,48?,49-,50+,52-/m1/s1. The fourth-order valence-corrected chi connectivity index (χ4v) is 12.4. The van der Waals surface area contributed by atoms with Gasteiger partial charge in [-0.05, 0) is 86.9 Å². The summed E-state index contributed by atoms with van der Waals surface area (Å²) in [6, 6.07) is 0. The molecule has 4 unspecified atom stereocenters. The third kappa shape index (κ3) is 9.79. The smallest absolute Gasteiger partial charge is 0.309 e. The van der Waals surface area contributed by atoms with E-state index in [4.69, 9.17) is 14.2 Å². The fraction of sp³-hybridized carbons (Fsp3) is 0.692. The van der Waals surface area contributed by atoms with Crippen LogP contribution >= 0.6 is 0 Å². The molecule has 3 saturated carbocycles. The van der Waals surface area contributed by atoms with Crippen molar-refractivity contribution in [1.29, 1.82) is 0 Å². The van der Waals surface area contributed by atoms with Crippen LogP contribution in [-0.4, -0.2) is 75.1 Å². The molecule has 2 aliphatic heterocycles. The molecule has 5 rings (SSSR count). The summed E-state index contributed by atoms with van der Waals surface area (Å²) < 4.78 is 18.8. The number of allylic oxidation sites excluding steroid dienone is 12. The summed E-state index contributed by atoms with van der Waals surface area (Å²) in [5, 5.41) is 36.0. The van der Waals surface area contributed by atoms with Gasteiger partial charge >= 0.3 is 11.9 Å². The molecule has 10 nitrogen and oxygen atoms in total. The molecule has 344 valence electrons. The van der Waals surface area contributed by atoms with Crippen molar-refractivity contribution in [2.75, 3.05) is 6.61 Å². The first-order chi connectivity index (χ1) is 29.4. The number of ether oxygens (including phenoxy) is 3. The zero-order chi connectivity index (χ0) is 45.5. The molecule has 5 aliphatic rings. The molecule has 1 spiro atoms. The van der Waals surface area contributed by atoms with Crippen LogP contribution in [0.5, 0.6) is 0 Å². The second-order valence-corrected chi connectivity index (χ2v) is 19.8. The monoisotopic (exact) mass is 861 g/mol. The van der Waals surface area contributed by atoms with Crippen molar-refractivity contribution in [2.45, 2.75) is 162 Å². The van der Waals surface area contributed by atoms with Gasteiger partial charge in [-0.25, -0.2) is 0 Å². The van der Waals surface area contributed by atoms with Crippen molar-refractivity contribution in [2.24, 2.45) is 58.2 Å². The number of carbonyl (C=O) groups is 4. The second kappa shape index (κ2) is 21.0. The summed E-state index contributed by atoms with van der Waals surface area (Å²) in [4.78, 5) is 55.6. The van der Waals surface area contributed by atoms with E-state index in [0.29, 0.717) is 12.8 Å². The number of aliphatic hydroxyl groups is 3. The van der Waals surface area contributed by atoms with Crippen LogP contribution in [0.25, 0.3) is 0 Å². The van der Waals surface area contributed by atoms with E-state index in [1.165, 1.54) is 0 Å². The number of fused-ring (bicyclic) bond motifs is 1. The van der Waals surface area contributed by atoms with Gasteiger partial charge in [0.25, 0.3) is 0 Å². The Hall–Kier alpha value is -3.44. The van der Waals surface area contributed by atoms with Gasteiger partial charge < -0.3 is 29.5 Å². The van der Waals surface area contributed by atoms with Gasteiger partial charge in [-0.2, -0.15) is 0 Å². The molecule has 0 radical (unpaired) electrons. The van der Waals surface area contributed by atoms with E-state index in [1.54, 1.807) is 6.92 Å². The van der Waals surface area contributed by atoms with E-state index in [-0.39, 0.29) is 67.5 Å². The third-order valence-electron chi connectivity index (χ3n) is 15.5. The molecule has 2 saturated heterocycles. The first-order valence-electron chi connectivity index (χ1n) is 23.5. The molecule has 3 N–H and O–H groups in total. The Bertz CT molecular complexity index is 1760. The summed E-state index contributed by atoms with van der Waals surface area (Å²) in [5.41, 5.74) is -3.54. The van der Waals surface area contributed by atoms with Gasteiger partial charge in [0.1, 0.15) is 18.0 Å². The van der Waals surface area contributed by atoms with Crippen LogP contribution in [0.2, 0.25) is 0 Å². The van der Waals surface area contributed by atoms with Gasteiger partial charge in [-0.1, -0.05) is 128 Å². The lowest BCUT2D eigenvalue weighted by Crippen LogP contribution is -2.78. The average molecular weight is 861 g/mol. The molecule has 0 amide bonds. The van der Waals surface area contributed by atoms with Crippen LogP contribution in [-0.2, 0) is 33.4 Å². The van der Waals surface area contributed by atoms with Gasteiger partial charge in [0, 0.05) is 42.4 Å². The lowest BCUT2D eigenvalue weighted by atomic mass is 9.36. The van der Waals surface area contributed by atoms with Crippen LogP contribution in [0.4, 0.5) is 0 Å². The number of Topliss-reactive ketones (excluding diaryl/α,β-unsaturated/α-hetero) is 2. The minimum absolute atomic E-state index is 0.0565. The Morgan fingerprint density at radius 3 is 1.94 bits per heavy atom. The molecule has 0 aromatic carbocycles. The minimum Gasteiger partial charge on any atom is -0.461 e. The van der Waals surface area contributed by atoms with Gasteiger partial charge in [-0.3, -0.25) is 19.2 Å². The Balaban J connectivity index is 1.24. The van der Waals surface area contributed by atoms with Gasteiger partial charge in [-0.15, -0.1) is 0 Å². The van der Waals surface area contributed by atoms with E-state index in [1.807, 2.05) is 53.7 Å². The lowest BCUT2D eigenvalue weighted by Gasteiger charge is -2.69. The van der Waals surface area contributed by atoms with Gasteiger partial charge in [0.05, 0.1) is 18.1 Å². The predicted octanol–water partition coefficient (Wildman–Crippen LogP) is 8.89. The summed E-state index contributed by atoms with van der Waals surface area (Å²) in [5.74, 6) is -7.92. The number of hydrogen-bond donors (Lipinski definition) is 3. The van der Waals surface area contributed by atoms with Crippen molar-refractivity contribution in [3.05, 3.63) is 72.9 Å². The van der Waals surface area contributed by atoms with E-state index in [0.717, 1.165) is 38.5 Å². The Morgan fingerprint density at radius 1 is 0.871 bits per heavy atom. The first kappa shape index (κ1) is 49.6. The highest BCUT2D eigenvalue weighted by molar-refractivity contribution is 5.88. The number of esters is 2. The minimum atomic E-state index is -2.12. The molecule has 3 aliphatic carbocycles. The van der Waals surface area contributed by atoms with Crippen molar-refractivity contribution in [1.82, 2.24) is 0 Å². The summed E-state index contributed by atoms with van der Waals surface area (Å²) in [6.45, 7) is 15.2. The first-order valence-corrected chi connectivity index (χ1v) is 23.5. The number of hydrogen-bond acceptors (Lipinski definition) is 10. The third-order valence-corrected chi connectivity index (χ3v) is 15.5. The van der Waals surface area contributed by atoms with E-state index in [2.05, 4.69) is 67.7 Å². The highest BCUT2D eigenvalue weighted by atomic mass is 16.7. The maximum absolute atomic E-state index is 14.1. The maximum atomic E-state index is 14.1. The Labute approximate surface area is 371 Å². The van der Waals surface area contributed by atoms with Crippen LogP contribution in [0, 0.1) is 58.2 Å². The molecule has 12 atom stereocenters. The lowest BCUT2D eigenvalue weighted by molar-refractivity contribution is -0.344. The molecule has 2 heterocycles. The van der Waals surface area contributed by atoms with E-state index in [9.17, 15) is 34.5 Å². The van der Waals surface area contributed by atoms with Crippen molar-refractivity contribution in [3.8, 4) is 0 Å². The van der Waals surface area contributed by atoms with Crippen LogP contribution < -0.4 is 0 Å². The molecule has 2 bridgehead atoms. The molecule has 0 aromatic heterocycles. The summed E-state index contributed by atoms with van der Waals surface area (Å²) >= 11 is 0. The Morgan fingerprint density at radius 2 is 1.40 bits per heavy atom. The summed E-state index contributed by atoms with van der Waals surface area (Å²) in [7, 11) is 0. The molecule has 10 heteroatoms. The summed E-state index contributed by atoms with van der Waals surface area (Å²) in [6.07, 6.45) is 28.2. The highest BCUT2D eigenvalue weighted by Gasteiger charge is 2.83. The SMILES string of the molecule is CC/C=C\C/C=C\C/C=C\C/C=C\C/C=C\C/C=C\CCC(=O)O[C@@H]1C(=O)CC(C)[C@@H]2C[C@H]3OC(=O)C(CC(=O)CC(O)(C(C)C)C(C)C)C4[C@@H](C)[C@@H](O)[C@@]5(O)OC[C@@]43C5[C@@]12C. The molecule has 62 heavy (non-hydrogen) atoms. The van der Waals surface area contributed by atoms with E-state index >= 15 is 0 Å². The van der Waals surface area contributed by atoms with Crippen LogP contribution in [0.1, 0.15) is 132 Å². The largest absolute Gasteiger partial charge is 0.461 e. The molecule has 0 aromatic rings. The van der Waals surface area contributed by atoms with Crippen molar-refractivity contribution >= 4 is 23.5 Å². The van der Waals surface area contributed by atoms with Crippen molar-refractivity contribution in [3.63, 3.8) is 0 Å². The van der Waals surface area contributed by atoms with Gasteiger partial charge in [0.15, 0.2) is 17.7 Å². The highest BCUT2D eigenvalue weighted by Crippen LogP contribution is 2.75. The second-order valence-electron chi connectivity index (χ2n) is 19.8. The fourth-order valence-electron chi connectivity index (χ4n) is 12.4. The van der Waals surface area contributed by atoms with E-state index < -0.39 is 76.1 Å². The molecule has 5 fully saturated rings. The molecular formula is C52H76O10. The van der Waals surface area contributed by atoms with Crippen LogP contribution in [0.15, 0.2) is 72.9 Å².